The van der Waals surface area contributed by atoms with Gasteiger partial charge < -0.3 is 14.8 Å². The molecule has 2 aromatic carbocycles. The maximum Gasteiger partial charge on any atom is 0.317 e. The number of anilines is 1. The van der Waals surface area contributed by atoms with Crippen LogP contribution in [0.15, 0.2) is 48.5 Å². The van der Waals surface area contributed by atoms with Crippen molar-refractivity contribution in [2.24, 2.45) is 0 Å². The SMILES string of the molecule is CCOc1ccc(NC(=O)COC(=O)C2(c3ccccc3F)CCCC2)cc1. The first-order valence-corrected chi connectivity index (χ1v) is 9.50. The van der Waals surface area contributed by atoms with Crippen LogP contribution in [0.1, 0.15) is 38.2 Å². The maximum atomic E-state index is 14.3. The van der Waals surface area contributed by atoms with E-state index in [-0.39, 0.29) is 0 Å². The number of amides is 1. The summed E-state index contributed by atoms with van der Waals surface area (Å²) >= 11 is 0. The summed E-state index contributed by atoms with van der Waals surface area (Å²) in [4.78, 5) is 25.0. The Morgan fingerprint density at radius 2 is 1.75 bits per heavy atom. The van der Waals surface area contributed by atoms with E-state index in [9.17, 15) is 14.0 Å². The van der Waals surface area contributed by atoms with Gasteiger partial charge in [0.2, 0.25) is 0 Å². The van der Waals surface area contributed by atoms with Crippen LogP contribution < -0.4 is 10.1 Å². The Labute approximate surface area is 163 Å². The van der Waals surface area contributed by atoms with Crippen molar-refractivity contribution in [2.75, 3.05) is 18.5 Å². The van der Waals surface area contributed by atoms with E-state index in [1.165, 1.54) is 6.07 Å². The lowest BCUT2D eigenvalue weighted by molar-refractivity contribution is -0.153. The lowest BCUT2D eigenvalue weighted by Crippen LogP contribution is -2.37. The fraction of sp³-hybridized carbons (Fsp3) is 0.364. The van der Waals surface area contributed by atoms with Crippen molar-refractivity contribution < 1.29 is 23.5 Å². The van der Waals surface area contributed by atoms with Gasteiger partial charge in [0.15, 0.2) is 6.61 Å². The topological polar surface area (TPSA) is 64.6 Å². The predicted octanol–water partition coefficient (Wildman–Crippen LogP) is 4.22. The Kier molecular flexibility index (Phi) is 6.29. The normalized spacial score (nSPS) is 15.1. The van der Waals surface area contributed by atoms with Crippen molar-refractivity contribution in [3.8, 4) is 5.75 Å². The summed E-state index contributed by atoms with van der Waals surface area (Å²) < 4.78 is 25.0. The van der Waals surface area contributed by atoms with E-state index in [1.54, 1.807) is 42.5 Å². The van der Waals surface area contributed by atoms with Crippen LogP contribution in [-0.2, 0) is 19.7 Å². The molecule has 0 radical (unpaired) electrons. The fourth-order valence-corrected chi connectivity index (χ4v) is 3.68. The molecule has 1 fully saturated rings. The number of nitrogens with one attached hydrogen (secondary N) is 1. The first-order chi connectivity index (χ1) is 13.5. The molecule has 1 N–H and O–H groups in total. The van der Waals surface area contributed by atoms with Gasteiger partial charge in [0, 0.05) is 11.3 Å². The number of rotatable bonds is 7. The molecule has 1 aliphatic carbocycles. The minimum absolute atomic E-state index is 0.351. The lowest BCUT2D eigenvalue weighted by atomic mass is 9.78. The quantitative estimate of drug-likeness (QED) is 0.725. The van der Waals surface area contributed by atoms with E-state index in [0.717, 1.165) is 12.8 Å². The van der Waals surface area contributed by atoms with Crippen molar-refractivity contribution in [1.29, 1.82) is 0 Å². The minimum Gasteiger partial charge on any atom is -0.494 e. The summed E-state index contributed by atoms with van der Waals surface area (Å²) in [6.45, 7) is 2.04. The fourth-order valence-electron chi connectivity index (χ4n) is 3.68. The summed E-state index contributed by atoms with van der Waals surface area (Å²) in [5.74, 6) is -0.698. The maximum absolute atomic E-state index is 14.3. The zero-order chi connectivity index (χ0) is 20.0. The molecule has 1 aliphatic rings. The number of carbonyl (C=O) groups excluding carboxylic acids is 2. The van der Waals surface area contributed by atoms with E-state index in [0.29, 0.717) is 36.4 Å². The predicted molar refractivity (Wildman–Crippen MR) is 104 cm³/mol. The second kappa shape index (κ2) is 8.87. The Hall–Kier alpha value is -2.89. The van der Waals surface area contributed by atoms with Crippen LogP contribution in [0.2, 0.25) is 0 Å². The average Bonchev–Trinajstić information content (AvgIpc) is 3.19. The van der Waals surface area contributed by atoms with Gasteiger partial charge in [-0.25, -0.2) is 4.39 Å². The van der Waals surface area contributed by atoms with E-state index < -0.39 is 29.7 Å². The summed E-state index contributed by atoms with van der Waals surface area (Å²) in [5, 5.41) is 2.68. The van der Waals surface area contributed by atoms with Crippen molar-refractivity contribution in [3.63, 3.8) is 0 Å². The number of carbonyl (C=O) groups is 2. The molecular weight excluding hydrogens is 361 g/mol. The molecular formula is C22H24FNO4. The summed E-state index contributed by atoms with van der Waals surface area (Å²) in [7, 11) is 0. The van der Waals surface area contributed by atoms with Gasteiger partial charge in [-0.05, 0) is 50.1 Å². The standard InChI is InChI=1S/C22H24FNO4/c1-2-27-17-11-9-16(10-12-17)24-20(25)15-28-21(26)22(13-5-6-14-22)18-7-3-4-8-19(18)23/h3-4,7-12H,2,5-6,13-15H2,1H3,(H,24,25). The molecule has 0 unspecified atom stereocenters. The van der Waals surface area contributed by atoms with Crippen molar-refractivity contribution >= 4 is 17.6 Å². The average molecular weight is 385 g/mol. The Morgan fingerprint density at radius 1 is 1.07 bits per heavy atom. The molecule has 3 rings (SSSR count). The van der Waals surface area contributed by atoms with Gasteiger partial charge in [0.1, 0.15) is 11.6 Å². The Balaban J connectivity index is 1.62. The number of hydrogen-bond donors (Lipinski definition) is 1. The highest BCUT2D eigenvalue weighted by Crippen LogP contribution is 2.43. The van der Waals surface area contributed by atoms with Gasteiger partial charge in [0.05, 0.1) is 12.0 Å². The number of halogens is 1. The lowest BCUT2D eigenvalue weighted by Gasteiger charge is -2.27. The molecule has 5 nitrogen and oxygen atoms in total. The van der Waals surface area contributed by atoms with Crippen LogP contribution in [0, 0.1) is 5.82 Å². The van der Waals surface area contributed by atoms with Crippen LogP contribution in [0.5, 0.6) is 5.75 Å². The molecule has 6 heteroatoms. The second-order valence-electron chi connectivity index (χ2n) is 6.85. The number of esters is 1. The Morgan fingerprint density at radius 3 is 2.39 bits per heavy atom. The van der Waals surface area contributed by atoms with Crippen LogP contribution >= 0.6 is 0 Å². The molecule has 0 atom stereocenters. The first-order valence-electron chi connectivity index (χ1n) is 9.50. The van der Waals surface area contributed by atoms with Crippen molar-refractivity contribution in [1.82, 2.24) is 0 Å². The zero-order valence-corrected chi connectivity index (χ0v) is 15.9. The molecule has 0 spiro atoms. The molecule has 28 heavy (non-hydrogen) atoms. The second-order valence-corrected chi connectivity index (χ2v) is 6.85. The third kappa shape index (κ3) is 4.32. The van der Waals surface area contributed by atoms with Crippen LogP contribution in [0.4, 0.5) is 10.1 Å². The summed E-state index contributed by atoms with van der Waals surface area (Å²) in [6, 6.07) is 13.2. The smallest absolute Gasteiger partial charge is 0.317 e. The monoisotopic (exact) mass is 385 g/mol. The number of ether oxygens (including phenoxy) is 2. The number of hydrogen-bond acceptors (Lipinski definition) is 4. The molecule has 2 aromatic rings. The molecule has 0 heterocycles. The molecule has 1 amide bonds. The zero-order valence-electron chi connectivity index (χ0n) is 15.9. The van der Waals surface area contributed by atoms with Gasteiger partial charge in [-0.2, -0.15) is 0 Å². The van der Waals surface area contributed by atoms with E-state index >= 15 is 0 Å². The van der Waals surface area contributed by atoms with Crippen molar-refractivity contribution in [2.45, 2.75) is 38.0 Å². The third-order valence-electron chi connectivity index (χ3n) is 5.02. The molecule has 148 valence electrons. The highest BCUT2D eigenvalue weighted by atomic mass is 19.1. The van der Waals surface area contributed by atoms with Gasteiger partial charge in [-0.3, -0.25) is 9.59 Å². The minimum atomic E-state index is -1.01. The van der Waals surface area contributed by atoms with Gasteiger partial charge >= 0.3 is 5.97 Å². The largest absolute Gasteiger partial charge is 0.494 e. The first kappa shape index (κ1) is 19.9. The van der Waals surface area contributed by atoms with Crippen LogP contribution in [-0.4, -0.2) is 25.1 Å². The Bertz CT molecular complexity index is 829. The van der Waals surface area contributed by atoms with Gasteiger partial charge in [-0.15, -0.1) is 0 Å². The number of benzene rings is 2. The van der Waals surface area contributed by atoms with Gasteiger partial charge in [-0.1, -0.05) is 31.0 Å². The third-order valence-corrected chi connectivity index (χ3v) is 5.02. The summed E-state index contributed by atoms with van der Waals surface area (Å²) in [6.07, 6.45) is 2.68. The van der Waals surface area contributed by atoms with E-state index in [1.807, 2.05) is 6.92 Å². The van der Waals surface area contributed by atoms with Crippen LogP contribution in [0.25, 0.3) is 0 Å². The highest BCUT2D eigenvalue weighted by molar-refractivity contribution is 5.94. The molecule has 0 aromatic heterocycles. The van der Waals surface area contributed by atoms with Crippen molar-refractivity contribution in [3.05, 3.63) is 59.9 Å². The van der Waals surface area contributed by atoms with E-state index in [2.05, 4.69) is 5.32 Å². The van der Waals surface area contributed by atoms with Crippen LogP contribution in [0.3, 0.4) is 0 Å². The molecule has 0 bridgehead atoms. The molecule has 1 saturated carbocycles. The highest BCUT2D eigenvalue weighted by Gasteiger charge is 2.45. The van der Waals surface area contributed by atoms with Gasteiger partial charge in [0.25, 0.3) is 5.91 Å². The van der Waals surface area contributed by atoms with E-state index in [4.69, 9.17) is 9.47 Å². The molecule has 0 aliphatic heterocycles. The summed E-state index contributed by atoms with van der Waals surface area (Å²) in [5.41, 5.74) is -0.0799. The molecule has 0 saturated heterocycles.